The van der Waals surface area contributed by atoms with Crippen molar-refractivity contribution in [1.29, 1.82) is 0 Å². The van der Waals surface area contributed by atoms with Gasteiger partial charge in [0.25, 0.3) is 0 Å². The van der Waals surface area contributed by atoms with Crippen molar-refractivity contribution in [2.45, 2.75) is 19.5 Å². The Balaban J connectivity index is 2.02. The van der Waals surface area contributed by atoms with Crippen LogP contribution in [-0.2, 0) is 6.54 Å². The van der Waals surface area contributed by atoms with Crippen molar-refractivity contribution >= 4 is 27.3 Å². The molecule has 1 atom stereocenters. The third kappa shape index (κ3) is 3.23. The van der Waals surface area contributed by atoms with Gasteiger partial charge in [0.15, 0.2) is 0 Å². The van der Waals surface area contributed by atoms with Gasteiger partial charge in [0.1, 0.15) is 0 Å². The van der Waals surface area contributed by atoms with Crippen molar-refractivity contribution in [3.05, 3.63) is 41.4 Å². The normalized spacial score (nSPS) is 12.4. The van der Waals surface area contributed by atoms with E-state index in [9.17, 15) is 0 Å². The number of nitrogen functional groups attached to an aromatic ring is 1. The van der Waals surface area contributed by atoms with Gasteiger partial charge < -0.3 is 15.6 Å². The summed E-state index contributed by atoms with van der Waals surface area (Å²) in [6, 6.07) is 6.08. The minimum absolute atomic E-state index is 0.279. The van der Waals surface area contributed by atoms with Gasteiger partial charge in [-0.05, 0) is 25.1 Å². The third-order valence-corrected chi connectivity index (χ3v) is 2.95. The zero-order valence-electron chi connectivity index (χ0n) is 9.60. The van der Waals surface area contributed by atoms with Crippen molar-refractivity contribution in [2.24, 2.45) is 0 Å². The molecule has 1 aromatic carbocycles. The molecule has 0 saturated carbocycles. The summed E-state index contributed by atoms with van der Waals surface area (Å²) in [5, 5.41) is 3.39. The van der Waals surface area contributed by atoms with E-state index in [0.29, 0.717) is 0 Å². The summed E-state index contributed by atoms with van der Waals surface area (Å²) in [5.41, 5.74) is 7.61. The van der Waals surface area contributed by atoms with Crippen LogP contribution in [0.3, 0.4) is 0 Å². The van der Waals surface area contributed by atoms with Crippen LogP contribution in [0.25, 0.3) is 0 Å². The second kappa shape index (κ2) is 5.23. The highest BCUT2D eigenvalue weighted by atomic mass is 79.9. The molecule has 5 heteroatoms. The Morgan fingerprint density at radius 2 is 2.35 bits per heavy atom. The maximum atomic E-state index is 5.91. The molecule has 1 heterocycles. The molecule has 1 aromatic heterocycles. The summed E-state index contributed by atoms with van der Waals surface area (Å²) in [6.07, 6.45) is 5.53. The van der Waals surface area contributed by atoms with Crippen molar-refractivity contribution < 1.29 is 0 Å². The van der Waals surface area contributed by atoms with Crippen LogP contribution in [0.1, 0.15) is 6.92 Å². The van der Waals surface area contributed by atoms with E-state index in [-0.39, 0.29) is 6.04 Å². The Kier molecular flexibility index (Phi) is 3.68. The highest BCUT2D eigenvalue weighted by Gasteiger charge is 2.05. The number of hydrogen-bond acceptors (Lipinski definition) is 3. The fraction of sp³-hybridized carbons (Fsp3) is 0.250. The number of nitrogens with zero attached hydrogens (tertiary/aromatic N) is 2. The number of nitrogens with one attached hydrogen (secondary N) is 1. The first-order valence-corrected chi connectivity index (χ1v) is 6.22. The second-order valence-electron chi connectivity index (χ2n) is 4.04. The molecule has 90 valence electrons. The van der Waals surface area contributed by atoms with Crippen molar-refractivity contribution in [3.63, 3.8) is 0 Å². The number of benzene rings is 1. The van der Waals surface area contributed by atoms with E-state index >= 15 is 0 Å². The summed E-state index contributed by atoms with van der Waals surface area (Å²) in [6.45, 7) is 2.96. The molecule has 0 aliphatic carbocycles. The molecular formula is C12H15BrN4. The van der Waals surface area contributed by atoms with Gasteiger partial charge in [-0.1, -0.05) is 15.9 Å². The number of hydrogen-bond donors (Lipinski definition) is 2. The fourth-order valence-corrected chi connectivity index (χ4v) is 2.04. The predicted octanol–water partition coefficient (Wildman–Crippen LogP) is 2.73. The molecule has 0 amide bonds. The lowest BCUT2D eigenvalue weighted by Crippen LogP contribution is -2.21. The topological polar surface area (TPSA) is 55.9 Å². The van der Waals surface area contributed by atoms with E-state index in [0.717, 1.165) is 22.4 Å². The first kappa shape index (κ1) is 12.0. The largest absolute Gasteiger partial charge is 0.397 e. The molecule has 17 heavy (non-hydrogen) atoms. The van der Waals surface area contributed by atoms with Gasteiger partial charge in [-0.2, -0.15) is 0 Å². The van der Waals surface area contributed by atoms with E-state index in [1.807, 2.05) is 35.3 Å². The van der Waals surface area contributed by atoms with Crippen LogP contribution < -0.4 is 11.1 Å². The van der Waals surface area contributed by atoms with Crippen LogP contribution in [0.4, 0.5) is 11.4 Å². The van der Waals surface area contributed by atoms with Crippen LogP contribution in [0.2, 0.25) is 0 Å². The smallest absolute Gasteiger partial charge is 0.0946 e. The first-order chi connectivity index (χ1) is 8.15. The van der Waals surface area contributed by atoms with Crippen molar-refractivity contribution in [3.8, 4) is 0 Å². The Morgan fingerprint density at radius 3 is 3.06 bits per heavy atom. The number of imidazole rings is 1. The lowest BCUT2D eigenvalue weighted by Gasteiger charge is -2.17. The molecule has 0 spiro atoms. The average molecular weight is 295 g/mol. The Labute approximate surface area is 109 Å². The Bertz CT molecular complexity index is 481. The fourth-order valence-electron chi connectivity index (χ4n) is 1.68. The zero-order chi connectivity index (χ0) is 12.3. The molecule has 3 N–H and O–H groups in total. The molecule has 2 aromatic rings. The molecule has 1 unspecified atom stereocenters. The lowest BCUT2D eigenvalue weighted by atomic mass is 10.2. The summed E-state index contributed by atoms with van der Waals surface area (Å²) >= 11 is 3.44. The number of anilines is 2. The number of nitrogens with two attached hydrogens (primary N) is 1. The predicted molar refractivity (Wildman–Crippen MR) is 73.9 cm³/mol. The Hall–Kier alpha value is -1.49. The van der Waals surface area contributed by atoms with E-state index in [1.165, 1.54) is 0 Å². The maximum Gasteiger partial charge on any atom is 0.0946 e. The van der Waals surface area contributed by atoms with Gasteiger partial charge in [-0.3, -0.25) is 0 Å². The highest BCUT2D eigenvalue weighted by molar-refractivity contribution is 9.10. The molecule has 2 rings (SSSR count). The van der Waals surface area contributed by atoms with Crippen LogP contribution in [-0.4, -0.2) is 15.6 Å². The molecule has 0 radical (unpaired) electrons. The van der Waals surface area contributed by atoms with E-state index in [4.69, 9.17) is 5.73 Å². The van der Waals surface area contributed by atoms with Crippen LogP contribution in [0.15, 0.2) is 41.4 Å². The van der Waals surface area contributed by atoms with Crippen LogP contribution in [0, 0.1) is 0 Å². The van der Waals surface area contributed by atoms with Crippen LogP contribution in [0.5, 0.6) is 0 Å². The van der Waals surface area contributed by atoms with Gasteiger partial charge in [-0.25, -0.2) is 4.98 Å². The van der Waals surface area contributed by atoms with Gasteiger partial charge in [-0.15, -0.1) is 0 Å². The average Bonchev–Trinajstić information content (AvgIpc) is 2.76. The van der Waals surface area contributed by atoms with Crippen molar-refractivity contribution in [1.82, 2.24) is 9.55 Å². The van der Waals surface area contributed by atoms with E-state index < -0.39 is 0 Å². The molecular weight excluding hydrogens is 280 g/mol. The summed E-state index contributed by atoms with van der Waals surface area (Å²) in [4.78, 5) is 4.02. The summed E-state index contributed by atoms with van der Waals surface area (Å²) < 4.78 is 3.05. The third-order valence-electron chi connectivity index (χ3n) is 2.46. The second-order valence-corrected chi connectivity index (χ2v) is 4.95. The van der Waals surface area contributed by atoms with Gasteiger partial charge in [0.05, 0.1) is 17.7 Å². The Morgan fingerprint density at radius 1 is 1.53 bits per heavy atom. The minimum atomic E-state index is 0.279. The number of rotatable bonds is 4. The zero-order valence-corrected chi connectivity index (χ0v) is 11.2. The first-order valence-electron chi connectivity index (χ1n) is 5.42. The molecule has 0 bridgehead atoms. The molecule has 0 aliphatic heterocycles. The SMILES string of the molecule is CC(Cn1ccnc1)Nc1cc(Br)ccc1N. The lowest BCUT2D eigenvalue weighted by molar-refractivity contribution is 0.619. The quantitative estimate of drug-likeness (QED) is 0.853. The minimum Gasteiger partial charge on any atom is -0.397 e. The van der Waals surface area contributed by atoms with Crippen LogP contribution >= 0.6 is 15.9 Å². The monoisotopic (exact) mass is 294 g/mol. The van der Waals surface area contributed by atoms with E-state index in [1.54, 1.807) is 6.20 Å². The van der Waals surface area contributed by atoms with Gasteiger partial charge in [0.2, 0.25) is 0 Å². The molecule has 0 fully saturated rings. The maximum absolute atomic E-state index is 5.91. The summed E-state index contributed by atoms with van der Waals surface area (Å²) in [7, 11) is 0. The van der Waals surface area contributed by atoms with Gasteiger partial charge in [0, 0.05) is 29.5 Å². The van der Waals surface area contributed by atoms with E-state index in [2.05, 4.69) is 33.2 Å². The number of aromatic nitrogens is 2. The molecule has 0 saturated heterocycles. The highest BCUT2D eigenvalue weighted by Crippen LogP contribution is 2.24. The molecule has 0 aliphatic rings. The van der Waals surface area contributed by atoms with Gasteiger partial charge >= 0.3 is 0 Å². The standard InChI is InChI=1S/C12H15BrN4/c1-9(7-17-5-4-15-8-17)16-12-6-10(13)2-3-11(12)14/h2-6,8-9,16H,7,14H2,1H3. The number of halogens is 1. The van der Waals surface area contributed by atoms with Crippen molar-refractivity contribution in [2.75, 3.05) is 11.1 Å². The molecule has 4 nitrogen and oxygen atoms in total. The summed E-state index contributed by atoms with van der Waals surface area (Å²) in [5.74, 6) is 0.